The van der Waals surface area contributed by atoms with Crippen molar-refractivity contribution in [2.45, 2.75) is 44.3 Å². The van der Waals surface area contributed by atoms with Crippen LogP contribution in [0.4, 0.5) is 22.8 Å². The van der Waals surface area contributed by atoms with Gasteiger partial charge in [-0.05, 0) is 53.8 Å². The van der Waals surface area contributed by atoms with Crippen molar-refractivity contribution < 1.29 is 32.6 Å². The summed E-state index contributed by atoms with van der Waals surface area (Å²) >= 11 is 0. The Bertz CT molecular complexity index is 1080. The molecule has 3 N–H and O–H groups in total. The first-order chi connectivity index (χ1) is 16.7. The first kappa shape index (κ1) is 24.9. The van der Waals surface area contributed by atoms with E-state index in [-0.39, 0.29) is 49.0 Å². The van der Waals surface area contributed by atoms with Crippen LogP contribution in [0.2, 0.25) is 0 Å². The van der Waals surface area contributed by atoms with Crippen LogP contribution in [0.5, 0.6) is 5.75 Å². The van der Waals surface area contributed by atoms with E-state index in [0.717, 1.165) is 23.8 Å². The zero-order valence-electron chi connectivity index (χ0n) is 19.3. The van der Waals surface area contributed by atoms with E-state index in [0.29, 0.717) is 24.9 Å². The van der Waals surface area contributed by atoms with E-state index in [9.17, 15) is 27.9 Å². The van der Waals surface area contributed by atoms with Gasteiger partial charge in [-0.2, -0.15) is 0 Å². The maximum Gasteiger partial charge on any atom is 0.573 e. The molecule has 1 saturated heterocycles. The lowest BCUT2D eigenvalue weighted by atomic mass is 9.94. The second kappa shape index (κ2) is 10.2. The number of fused-ring (bicyclic) bond motifs is 1. The number of piperidine rings is 1. The van der Waals surface area contributed by atoms with Gasteiger partial charge in [-0.3, -0.25) is 0 Å². The summed E-state index contributed by atoms with van der Waals surface area (Å²) in [6.45, 7) is 0.945. The maximum atomic E-state index is 13.2. The highest BCUT2D eigenvalue weighted by molar-refractivity contribution is 5.84. The highest BCUT2D eigenvalue weighted by Crippen LogP contribution is 2.33. The standard InChI is InChI=1S/C24H29F3N4O4/c1-28-22(33)30-12-16(14-32)9-20(13-30)31(19-5-6-19)23(34)29-11-15-2-3-17-4-7-21(10-18(17)8-15)35-24(25,26)27/h2-4,7-8,10,16,19-20,32H,5-6,9,11-14H2,1H3,(H,28,33)(H,29,34)/t16-,20+/m0/s1. The van der Waals surface area contributed by atoms with Gasteiger partial charge in [0.1, 0.15) is 5.75 Å². The van der Waals surface area contributed by atoms with Gasteiger partial charge in [0.15, 0.2) is 0 Å². The van der Waals surface area contributed by atoms with Crippen molar-refractivity contribution in [2.75, 3.05) is 26.7 Å². The van der Waals surface area contributed by atoms with Crippen molar-refractivity contribution in [3.8, 4) is 5.75 Å². The second-order valence-corrected chi connectivity index (χ2v) is 9.09. The summed E-state index contributed by atoms with van der Waals surface area (Å²) < 4.78 is 41.7. The molecule has 2 fully saturated rings. The second-order valence-electron chi connectivity index (χ2n) is 9.09. The van der Waals surface area contributed by atoms with Gasteiger partial charge in [-0.15, -0.1) is 13.2 Å². The summed E-state index contributed by atoms with van der Waals surface area (Å²) in [5, 5.41) is 16.6. The molecule has 0 radical (unpaired) electrons. The van der Waals surface area contributed by atoms with Gasteiger partial charge in [0.2, 0.25) is 0 Å². The Balaban J connectivity index is 1.45. The number of amides is 4. The minimum absolute atomic E-state index is 0.0682. The Morgan fingerprint density at radius 1 is 1.11 bits per heavy atom. The third kappa shape index (κ3) is 6.27. The molecule has 0 aromatic heterocycles. The molecule has 1 aliphatic heterocycles. The van der Waals surface area contributed by atoms with E-state index in [2.05, 4.69) is 15.4 Å². The lowest BCUT2D eigenvalue weighted by Crippen LogP contribution is -2.58. The van der Waals surface area contributed by atoms with Crippen LogP contribution in [-0.2, 0) is 6.54 Å². The Kier molecular flexibility index (Phi) is 7.25. The molecule has 2 aromatic carbocycles. The molecule has 8 nitrogen and oxygen atoms in total. The molecule has 11 heteroatoms. The molecule has 0 unspecified atom stereocenters. The van der Waals surface area contributed by atoms with Gasteiger partial charge in [0.05, 0.1) is 6.04 Å². The van der Waals surface area contributed by atoms with E-state index in [1.165, 1.54) is 12.1 Å². The van der Waals surface area contributed by atoms with Crippen molar-refractivity contribution >= 4 is 22.8 Å². The van der Waals surface area contributed by atoms with Crippen LogP contribution in [0.15, 0.2) is 36.4 Å². The number of aliphatic hydroxyl groups is 1. The van der Waals surface area contributed by atoms with E-state index >= 15 is 0 Å². The number of hydrogen-bond donors (Lipinski definition) is 3. The number of nitrogens with one attached hydrogen (secondary N) is 2. The van der Waals surface area contributed by atoms with Gasteiger partial charge in [-0.25, -0.2) is 9.59 Å². The predicted octanol–water partition coefficient (Wildman–Crippen LogP) is 3.43. The zero-order valence-corrected chi connectivity index (χ0v) is 19.3. The smallest absolute Gasteiger partial charge is 0.406 e. The molecule has 4 amide bonds. The zero-order chi connectivity index (χ0) is 25.2. The number of likely N-dealkylation sites (tertiary alicyclic amines) is 1. The quantitative estimate of drug-likeness (QED) is 0.574. The number of hydrogen-bond acceptors (Lipinski definition) is 4. The minimum atomic E-state index is -4.77. The largest absolute Gasteiger partial charge is 0.573 e. The molecule has 0 spiro atoms. The molecular weight excluding hydrogens is 465 g/mol. The molecule has 35 heavy (non-hydrogen) atoms. The van der Waals surface area contributed by atoms with Crippen molar-refractivity contribution in [2.24, 2.45) is 5.92 Å². The number of urea groups is 2. The summed E-state index contributed by atoms with van der Waals surface area (Å²) in [6.07, 6.45) is -2.41. The van der Waals surface area contributed by atoms with Crippen LogP contribution in [0.25, 0.3) is 10.8 Å². The number of alkyl halides is 3. The summed E-state index contributed by atoms with van der Waals surface area (Å²) in [5.74, 6) is -0.420. The number of aliphatic hydroxyl groups excluding tert-OH is 1. The lowest BCUT2D eigenvalue weighted by Gasteiger charge is -2.42. The number of nitrogens with zero attached hydrogens (tertiary/aromatic N) is 2. The van der Waals surface area contributed by atoms with E-state index in [4.69, 9.17) is 0 Å². The molecule has 1 heterocycles. The van der Waals surface area contributed by atoms with Gasteiger partial charge in [-0.1, -0.05) is 18.2 Å². The molecule has 1 aliphatic carbocycles. The highest BCUT2D eigenvalue weighted by atomic mass is 19.4. The SMILES string of the molecule is CNC(=O)N1C[C@@H](CO)C[C@@H](N(C(=O)NCc2ccc3ccc(OC(F)(F)F)cc3c2)C2CC2)C1. The molecule has 2 aliphatic rings. The third-order valence-electron chi connectivity index (χ3n) is 6.40. The van der Waals surface area contributed by atoms with Crippen molar-refractivity contribution in [1.82, 2.24) is 20.4 Å². The Morgan fingerprint density at radius 2 is 1.86 bits per heavy atom. The van der Waals surface area contributed by atoms with Crippen molar-refractivity contribution in [3.05, 3.63) is 42.0 Å². The van der Waals surface area contributed by atoms with E-state index in [1.54, 1.807) is 35.0 Å². The first-order valence-corrected chi connectivity index (χ1v) is 11.6. The van der Waals surface area contributed by atoms with Crippen LogP contribution >= 0.6 is 0 Å². The fourth-order valence-electron chi connectivity index (χ4n) is 4.67. The summed E-state index contributed by atoms with van der Waals surface area (Å²) in [4.78, 5) is 28.8. The topological polar surface area (TPSA) is 94.1 Å². The number of carbonyl (C=O) groups is 2. The average molecular weight is 495 g/mol. The minimum Gasteiger partial charge on any atom is -0.406 e. The molecule has 1 saturated carbocycles. The van der Waals surface area contributed by atoms with Gasteiger partial charge in [0, 0.05) is 45.2 Å². The van der Waals surface area contributed by atoms with Gasteiger partial charge in [0.25, 0.3) is 0 Å². The monoisotopic (exact) mass is 494 g/mol. The van der Waals surface area contributed by atoms with Gasteiger partial charge < -0.3 is 30.3 Å². The Hall–Kier alpha value is -3.21. The lowest BCUT2D eigenvalue weighted by molar-refractivity contribution is -0.274. The number of benzene rings is 2. The number of halogens is 3. The molecule has 2 atom stereocenters. The van der Waals surface area contributed by atoms with Crippen LogP contribution < -0.4 is 15.4 Å². The first-order valence-electron chi connectivity index (χ1n) is 11.6. The van der Waals surface area contributed by atoms with Crippen molar-refractivity contribution in [1.29, 1.82) is 0 Å². The third-order valence-corrected chi connectivity index (χ3v) is 6.40. The average Bonchev–Trinajstić information content (AvgIpc) is 3.65. The van der Waals surface area contributed by atoms with Crippen LogP contribution in [0.3, 0.4) is 0 Å². The van der Waals surface area contributed by atoms with Crippen molar-refractivity contribution in [3.63, 3.8) is 0 Å². The van der Waals surface area contributed by atoms with E-state index < -0.39 is 6.36 Å². The fourth-order valence-corrected chi connectivity index (χ4v) is 4.67. The molecule has 2 aromatic rings. The Labute approximate surface area is 201 Å². The summed E-state index contributed by atoms with van der Waals surface area (Å²) in [7, 11) is 1.55. The molecular formula is C24H29F3N4O4. The fraction of sp³-hybridized carbons (Fsp3) is 0.500. The van der Waals surface area contributed by atoms with E-state index in [1.807, 2.05) is 6.07 Å². The van der Waals surface area contributed by atoms with Crippen LogP contribution in [-0.4, -0.2) is 72.2 Å². The molecule has 190 valence electrons. The number of carbonyl (C=O) groups excluding carboxylic acids is 2. The predicted molar refractivity (Wildman–Crippen MR) is 123 cm³/mol. The summed E-state index contributed by atoms with van der Waals surface area (Å²) in [6, 6.07) is 8.79. The van der Waals surface area contributed by atoms with Crippen LogP contribution in [0, 0.1) is 5.92 Å². The van der Waals surface area contributed by atoms with Crippen LogP contribution in [0.1, 0.15) is 24.8 Å². The normalized spacial score (nSPS) is 20.4. The van der Waals surface area contributed by atoms with Gasteiger partial charge >= 0.3 is 18.4 Å². The highest BCUT2D eigenvalue weighted by Gasteiger charge is 2.41. The Morgan fingerprint density at radius 3 is 2.51 bits per heavy atom. The number of rotatable bonds is 6. The summed E-state index contributed by atoms with van der Waals surface area (Å²) in [5.41, 5.74) is 0.731. The molecule has 4 rings (SSSR count). The maximum absolute atomic E-state index is 13.2. The number of ether oxygens (including phenoxy) is 1. The molecule has 0 bridgehead atoms.